The Hall–Kier alpha value is -0.610. The SMILES string of the molecule is CCC(=O)OC(OCC(C)(C)C)OCC(C)(C)C. The summed E-state index contributed by atoms with van der Waals surface area (Å²) in [4.78, 5) is 11.3. The Morgan fingerprint density at radius 3 is 1.61 bits per heavy atom. The van der Waals surface area contributed by atoms with E-state index in [1.54, 1.807) is 6.92 Å². The van der Waals surface area contributed by atoms with Crippen LogP contribution in [-0.2, 0) is 19.0 Å². The summed E-state index contributed by atoms with van der Waals surface area (Å²) in [5.41, 5.74) is 0.00390. The van der Waals surface area contributed by atoms with Crippen LogP contribution in [-0.4, -0.2) is 25.7 Å². The van der Waals surface area contributed by atoms with E-state index in [1.165, 1.54) is 0 Å². The molecule has 0 rings (SSSR count). The topological polar surface area (TPSA) is 44.8 Å². The minimum atomic E-state index is -0.907. The summed E-state index contributed by atoms with van der Waals surface area (Å²) in [5, 5.41) is 0. The van der Waals surface area contributed by atoms with Crippen molar-refractivity contribution in [2.75, 3.05) is 13.2 Å². The van der Waals surface area contributed by atoms with Crippen molar-refractivity contribution in [2.45, 2.75) is 61.4 Å². The maximum Gasteiger partial charge on any atom is 0.318 e. The first kappa shape index (κ1) is 17.4. The Labute approximate surface area is 111 Å². The lowest BCUT2D eigenvalue weighted by Gasteiger charge is -2.26. The lowest BCUT2D eigenvalue weighted by atomic mass is 9.99. The molecule has 0 aliphatic rings. The molecule has 4 nitrogen and oxygen atoms in total. The molecule has 0 unspecified atom stereocenters. The molecule has 0 radical (unpaired) electrons. The van der Waals surface area contributed by atoms with E-state index in [9.17, 15) is 4.79 Å². The third kappa shape index (κ3) is 10.5. The Morgan fingerprint density at radius 1 is 0.944 bits per heavy atom. The molecule has 0 atom stereocenters. The summed E-state index contributed by atoms with van der Waals surface area (Å²) in [6.07, 6.45) is 0.314. The first-order valence-electron chi connectivity index (χ1n) is 6.46. The predicted molar refractivity (Wildman–Crippen MR) is 71.0 cm³/mol. The molecular weight excluding hydrogens is 232 g/mol. The lowest BCUT2D eigenvalue weighted by Crippen LogP contribution is -2.31. The van der Waals surface area contributed by atoms with Crippen LogP contribution < -0.4 is 0 Å². The van der Waals surface area contributed by atoms with Gasteiger partial charge in [0.25, 0.3) is 0 Å². The molecule has 0 saturated heterocycles. The first-order chi connectivity index (χ1) is 8.03. The van der Waals surface area contributed by atoms with Gasteiger partial charge in [-0.05, 0) is 10.8 Å². The zero-order valence-electron chi connectivity index (χ0n) is 12.8. The minimum absolute atomic E-state index is 0.00195. The van der Waals surface area contributed by atoms with Gasteiger partial charge in [0.05, 0.1) is 13.2 Å². The summed E-state index contributed by atoms with van der Waals surface area (Å²) >= 11 is 0. The standard InChI is InChI=1S/C14H28O4/c1-8-11(15)18-12(16-9-13(2,3)4)17-10-14(5,6)7/h12H,8-10H2,1-7H3. The monoisotopic (exact) mass is 260 g/mol. The summed E-state index contributed by atoms with van der Waals surface area (Å²) in [6.45, 7) is 14.1. The van der Waals surface area contributed by atoms with E-state index in [2.05, 4.69) is 41.5 Å². The highest BCUT2D eigenvalue weighted by Gasteiger charge is 2.21. The van der Waals surface area contributed by atoms with Gasteiger partial charge in [-0.15, -0.1) is 0 Å². The third-order valence-electron chi connectivity index (χ3n) is 1.82. The van der Waals surface area contributed by atoms with Crippen LogP contribution in [0, 0.1) is 10.8 Å². The summed E-state index contributed by atoms with van der Waals surface area (Å²) in [7, 11) is 0. The fourth-order valence-corrected chi connectivity index (χ4v) is 0.943. The second-order valence-electron chi connectivity index (χ2n) is 6.88. The molecule has 108 valence electrons. The van der Waals surface area contributed by atoms with Gasteiger partial charge in [-0.3, -0.25) is 4.79 Å². The number of rotatable bonds is 6. The fourth-order valence-electron chi connectivity index (χ4n) is 0.943. The Balaban J connectivity index is 4.29. The quantitative estimate of drug-likeness (QED) is 0.542. The van der Waals surface area contributed by atoms with Crippen LogP contribution in [0.4, 0.5) is 0 Å². The number of carbonyl (C=O) groups is 1. The van der Waals surface area contributed by atoms with Gasteiger partial charge in [-0.2, -0.15) is 0 Å². The Bertz CT molecular complexity index is 230. The van der Waals surface area contributed by atoms with Crippen molar-refractivity contribution < 1.29 is 19.0 Å². The normalized spacial score (nSPS) is 12.9. The van der Waals surface area contributed by atoms with Gasteiger partial charge >= 0.3 is 12.4 Å². The number of carbonyl (C=O) groups excluding carboxylic acids is 1. The molecule has 0 aliphatic heterocycles. The minimum Gasteiger partial charge on any atom is -0.410 e. The molecule has 0 amide bonds. The van der Waals surface area contributed by atoms with Crippen LogP contribution in [0.3, 0.4) is 0 Å². The van der Waals surface area contributed by atoms with Crippen LogP contribution in [0.2, 0.25) is 0 Å². The predicted octanol–water partition coefficient (Wildman–Crippen LogP) is 3.35. The van der Waals surface area contributed by atoms with E-state index in [-0.39, 0.29) is 16.8 Å². The molecule has 0 fully saturated rings. The van der Waals surface area contributed by atoms with Crippen molar-refractivity contribution >= 4 is 5.97 Å². The van der Waals surface area contributed by atoms with Crippen molar-refractivity contribution in [1.29, 1.82) is 0 Å². The second kappa shape index (κ2) is 7.10. The molecule has 0 aromatic heterocycles. The average molecular weight is 260 g/mol. The van der Waals surface area contributed by atoms with Crippen molar-refractivity contribution in [3.8, 4) is 0 Å². The second-order valence-corrected chi connectivity index (χ2v) is 6.88. The Kier molecular flexibility index (Phi) is 6.86. The summed E-state index contributed by atoms with van der Waals surface area (Å²) in [5.74, 6) is -0.317. The van der Waals surface area contributed by atoms with Crippen LogP contribution >= 0.6 is 0 Å². The highest BCUT2D eigenvalue weighted by molar-refractivity contribution is 5.68. The van der Waals surface area contributed by atoms with Crippen LogP contribution in [0.15, 0.2) is 0 Å². The summed E-state index contributed by atoms with van der Waals surface area (Å²) in [6, 6.07) is 0. The molecule has 0 heterocycles. The molecule has 18 heavy (non-hydrogen) atoms. The zero-order chi connectivity index (χ0) is 14.4. The average Bonchev–Trinajstić information content (AvgIpc) is 2.19. The van der Waals surface area contributed by atoms with Gasteiger partial charge in [-0.25, -0.2) is 0 Å². The van der Waals surface area contributed by atoms with Crippen molar-refractivity contribution in [2.24, 2.45) is 10.8 Å². The lowest BCUT2D eigenvalue weighted by molar-refractivity contribution is -0.288. The van der Waals surface area contributed by atoms with Crippen LogP contribution in [0.1, 0.15) is 54.9 Å². The largest absolute Gasteiger partial charge is 0.410 e. The van der Waals surface area contributed by atoms with E-state index in [0.29, 0.717) is 19.6 Å². The molecule has 0 aliphatic carbocycles. The first-order valence-corrected chi connectivity index (χ1v) is 6.46. The molecule has 0 aromatic carbocycles. The number of esters is 1. The van der Waals surface area contributed by atoms with Crippen LogP contribution in [0.25, 0.3) is 0 Å². The van der Waals surface area contributed by atoms with E-state index in [1.807, 2.05) is 0 Å². The van der Waals surface area contributed by atoms with E-state index in [0.717, 1.165) is 0 Å². The van der Waals surface area contributed by atoms with E-state index in [4.69, 9.17) is 14.2 Å². The highest BCUT2D eigenvalue weighted by atomic mass is 16.9. The molecule has 4 heteroatoms. The number of hydrogen-bond acceptors (Lipinski definition) is 4. The van der Waals surface area contributed by atoms with Gasteiger partial charge in [0.1, 0.15) is 0 Å². The van der Waals surface area contributed by atoms with E-state index < -0.39 is 6.48 Å². The van der Waals surface area contributed by atoms with Gasteiger partial charge in [-0.1, -0.05) is 48.5 Å². The van der Waals surface area contributed by atoms with Crippen LogP contribution in [0.5, 0.6) is 0 Å². The molecule has 0 spiro atoms. The van der Waals surface area contributed by atoms with Gasteiger partial charge in [0.15, 0.2) is 0 Å². The molecule has 0 saturated carbocycles. The number of ether oxygens (including phenoxy) is 3. The van der Waals surface area contributed by atoms with Crippen molar-refractivity contribution in [3.63, 3.8) is 0 Å². The fraction of sp³-hybridized carbons (Fsp3) is 0.929. The van der Waals surface area contributed by atoms with Gasteiger partial charge in [0, 0.05) is 6.42 Å². The summed E-state index contributed by atoms with van der Waals surface area (Å²) < 4.78 is 16.1. The smallest absolute Gasteiger partial charge is 0.318 e. The Morgan fingerprint density at radius 2 is 1.33 bits per heavy atom. The third-order valence-corrected chi connectivity index (χ3v) is 1.82. The van der Waals surface area contributed by atoms with Gasteiger partial charge < -0.3 is 14.2 Å². The molecule has 0 N–H and O–H groups in total. The zero-order valence-corrected chi connectivity index (χ0v) is 12.8. The molecule has 0 bridgehead atoms. The highest BCUT2D eigenvalue weighted by Crippen LogP contribution is 2.18. The number of hydrogen-bond donors (Lipinski definition) is 0. The van der Waals surface area contributed by atoms with Crippen molar-refractivity contribution in [3.05, 3.63) is 0 Å². The maximum atomic E-state index is 11.3. The van der Waals surface area contributed by atoms with Gasteiger partial charge in [0.2, 0.25) is 0 Å². The van der Waals surface area contributed by atoms with Crippen molar-refractivity contribution in [1.82, 2.24) is 0 Å². The van der Waals surface area contributed by atoms with E-state index >= 15 is 0 Å². The maximum absolute atomic E-state index is 11.3. The molecular formula is C14H28O4. The molecule has 0 aromatic rings.